The fourth-order valence-electron chi connectivity index (χ4n) is 2.47. The maximum atomic E-state index is 12.5. The van der Waals surface area contributed by atoms with Crippen molar-refractivity contribution >= 4 is 40.7 Å². The molecule has 146 valence electrons. The van der Waals surface area contributed by atoms with E-state index < -0.39 is 0 Å². The second-order valence-corrected chi connectivity index (χ2v) is 7.34. The zero-order chi connectivity index (χ0) is 19.9. The van der Waals surface area contributed by atoms with Gasteiger partial charge in [-0.3, -0.25) is 9.36 Å². The number of rotatable bonds is 8. The van der Waals surface area contributed by atoms with Crippen molar-refractivity contribution in [3.05, 3.63) is 27.4 Å². The minimum Gasteiger partial charge on any atom is -0.330 e. The lowest BCUT2D eigenvalue weighted by molar-refractivity contribution is 0.155. The second-order valence-electron chi connectivity index (χ2n) is 6.36. The van der Waals surface area contributed by atoms with Crippen molar-refractivity contribution in [3.8, 4) is 0 Å². The molecular formula is C17H28BrN5O2S. The fraction of sp³-hybridized carbons (Fsp3) is 0.588. The molecule has 0 aromatic carbocycles. The number of urea groups is 1. The van der Waals surface area contributed by atoms with Gasteiger partial charge in [0.25, 0.3) is 5.56 Å². The number of carbonyl (C=O) groups excluding carboxylic acids is 1. The van der Waals surface area contributed by atoms with Gasteiger partial charge in [0.2, 0.25) is 0 Å². The Labute approximate surface area is 168 Å². The summed E-state index contributed by atoms with van der Waals surface area (Å²) in [4.78, 5) is 34.4. The zero-order valence-corrected chi connectivity index (χ0v) is 18.2. The van der Waals surface area contributed by atoms with Gasteiger partial charge in [-0.25, -0.2) is 9.78 Å². The van der Waals surface area contributed by atoms with Crippen LogP contribution in [-0.2, 0) is 0 Å². The van der Waals surface area contributed by atoms with Crippen LogP contribution in [-0.4, -0.2) is 58.6 Å². The number of halogens is 1. The van der Waals surface area contributed by atoms with E-state index in [2.05, 4.69) is 33.5 Å². The number of nitrogens with zero attached hydrogens (tertiary/aromatic N) is 4. The highest BCUT2D eigenvalue weighted by atomic mass is 79.9. The Morgan fingerprint density at radius 2 is 2.08 bits per heavy atom. The predicted octanol–water partition coefficient (Wildman–Crippen LogP) is 2.57. The molecule has 0 spiro atoms. The Morgan fingerprint density at radius 1 is 1.42 bits per heavy atom. The van der Waals surface area contributed by atoms with Crippen LogP contribution in [0.2, 0.25) is 0 Å². The number of aromatic nitrogens is 2. The highest BCUT2D eigenvalue weighted by Gasteiger charge is 2.20. The standard InChI is InChI=1S/C17H28BrN5O2S/c1-12(6-9-19)22(4)17(25)21(3)10-7-13(2)23-11-20-14(5-8-18)15(26)16(23)24/h5,8,11-13,26H,6-7,9-10,19H2,1-4H3/b8-5+/t12?,13-/m1/s1. The summed E-state index contributed by atoms with van der Waals surface area (Å²) in [5.41, 5.74) is 5.88. The highest BCUT2D eigenvalue weighted by molar-refractivity contribution is 9.11. The molecule has 0 saturated heterocycles. The topological polar surface area (TPSA) is 84.5 Å². The summed E-state index contributed by atoms with van der Waals surface area (Å²) in [6, 6.07) is -0.0813. The van der Waals surface area contributed by atoms with Crippen LogP contribution in [0.5, 0.6) is 0 Å². The smallest absolute Gasteiger partial charge is 0.319 e. The lowest BCUT2D eigenvalue weighted by atomic mass is 10.2. The molecule has 1 aromatic heterocycles. The van der Waals surface area contributed by atoms with Crippen LogP contribution < -0.4 is 11.3 Å². The first-order valence-electron chi connectivity index (χ1n) is 8.49. The summed E-state index contributed by atoms with van der Waals surface area (Å²) < 4.78 is 1.55. The van der Waals surface area contributed by atoms with Crippen molar-refractivity contribution < 1.29 is 4.79 Å². The van der Waals surface area contributed by atoms with Gasteiger partial charge in [-0.05, 0) is 44.3 Å². The molecule has 1 aromatic rings. The lowest BCUT2D eigenvalue weighted by Crippen LogP contribution is -2.44. The number of nitrogens with two attached hydrogens (primary N) is 1. The minimum atomic E-state index is -0.195. The van der Waals surface area contributed by atoms with Gasteiger partial charge in [0.15, 0.2) is 0 Å². The van der Waals surface area contributed by atoms with E-state index >= 15 is 0 Å². The van der Waals surface area contributed by atoms with Crippen LogP contribution >= 0.6 is 28.6 Å². The van der Waals surface area contributed by atoms with Crippen molar-refractivity contribution in [2.45, 2.75) is 43.7 Å². The molecule has 1 rings (SSSR count). The van der Waals surface area contributed by atoms with Gasteiger partial charge in [0, 0.05) is 32.7 Å². The predicted molar refractivity (Wildman–Crippen MR) is 112 cm³/mol. The molecule has 2 N–H and O–H groups in total. The molecule has 1 heterocycles. The zero-order valence-electron chi connectivity index (χ0n) is 15.7. The van der Waals surface area contributed by atoms with Crippen LogP contribution in [0.1, 0.15) is 38.4 Å². The van der Waals surface area contributed by atoms with E-state index in [1.807, 2.05) is 13.8 Å². The molecule has 0 fully saturated rings. The van der Waals surface area contributed by atoms with Gasteiger partial charge >= 0.3 is 6.03 Å². The third kappa shape index (κ3) is 5.85. The van der Waals surface area contributed by atoms with E-state index in [9.17, 15) is 9.59 Å². The summed E-state index contributed by atoms with van der Waals surface area (Å²) in [5.74, 6) is 0. The van der Waals surface area contributed by atoms with Crippen LogP contribution in [0.3, 0.4) is 0 Å². The third-order valence-corrected chi connectivity index (χ3v) is 5.14. The van der Waals surface area contributed by atoms with E-state index in [4.69, 9.17) is 5.73 Å². The Bertz CT molecular complexity index is 694. The maximum absolute atomic E-state index is 12.5. The molecule has 9 heteroatoms. The molecule has 26 heavy (non-hydrogen) atoms. The first-order chi connectivity index (χ1) is 12.2. The molecule has 0 bridgehead atoms. The van der Waals surface area contributed by atoms with Gasteiger partial charge in [-0.15, -0.1) is 12.6 Å². The van der Waals surface area contributed by atoms with E-state index in [1.165, 1.54) is 6.33 Å². The summed E-state index contributed by atoms with van der Waals surface area (Å²) in [7, 11) is 3.54. The number of carbonyl (C=O) groups is 1. The summed E-state index contributed by atoms with van der Waals surface area (Å²) in [5, 5.41) is 0. The fourth-order valence-corrected chi connectivity index (χ4v) is 2.97. The van der Waals surface area contributed by atoms with Crippen molar-refractivity contribution in [2.24, 2.45) is 5.73 Å². The molecule has 2 atom stereocenters. The number of thiol groups is 1. The normalized spacial score (nSPS) is 13.7. The number of hydrogen-bond acceptors (Lipinski definition) is 5. The van der Waals surface area contributed by atoms with Gasteiger partial charge in [0.1, 0.15) is 0 Å². The van der Waals surface area contributed by atoms with Gasteiger partial charge in [-0.2, -0.15) is 0 Å². The third-order valence-electron chi connectivity index (χ3n) is 4.45. The van der Waals surface area contributed by atoms with E-state index in [0.29, 0.717) is 30.1 Å². The quantitative estimate of drug-likeness (QED) is 0.602. The Balaban J connectivity index is 2.74. The molecule has 7 nitrogen and oxygen atoms in total. The first-order valence-corrected chi connectivity index (χ1v) is 9.85. The molecule has 0 aliphatic rings. The molecule has 0 radical (unpaired) electrons. The van der Waals surface area contributed by atoms with E-state index in [1.54, 1.807) is 39.5 Å². The van der Waals surface area contributed by atoms with Crippen LogP contribution in [0.25, 0.3) is 6.08 Å². The van der Waals surface area contributed by atoms with Crippen molar-refractivity contribution in [1.82, 2.24) is 19.4 Å². The van der Waals surface area contributed by atoms with Gasteiger partial charge in [-0.1, -0.05) is 15.9 Å². The van der Waals surface area contributed by atoms with E-state index in [-0.39, 0.29) is 23.7 Å². The van der Waals surface area contributed by atoms with Crippen molar-refractivity contribution in [3.63, 3.8) is 0 Å². The molecule has 0 aliphatic carbocycles. The molecular weight excluding hydrogens is 418 g/mol. The largest absolute Gasteiger partial charge is 0.330 e. The SMILES string of the molecule is CC(CCN)N(C)C(=O)N(C)CC[C@@H](C)n1cnc(/C=C/Br)c(S)c1=O. The molecule has 2 amide bonds. The Hall–Kier alpha value is -1.32. The molecule has 0 saturated carbocycles. The Kier molecular flexibility index (Phi) is 9.38. The van der Waals surface area contributed by atoms with Gasteiger partial charge in [0.05, 0.1) is 16.9 Å². The van der Waals surface area contributed by atoms with Crippen molar-refractivity contribution in [1.29, 1.82) is 0 Å². The molecule has 0 aliphatic heterocycles. The first kappa shape index (κ1) is 22.7. The number of amides is 2. The summed E-state index contributed by atoms with van der Waals surface area (Å²) >= 11 is 7.44. The van der Waals surface area contributed by atoms with Gasteiger partial charge < -0.3 is 15.5 Å². The van der Waals surface area contributed by atoms with Crippen LogP contribution in [0, 0.1) is 0 Å². The highest BCUT2D eigenvalue weighted by Crippen LogP contribution is 2.14. The average Bonchev–Trinajstić information content (AvgIpc) is 2.62. The van der Waals surface area contributed by atoms with Crippen LogP contribution in [0.4, 0.5) is 4.79 Å². The summed E-state index contributed by atoms with van der Waals surface area (Å²) in [6.45, 7) is 4.97. The number of hydrogen-bond donors (Lipinski definition) is 2. The second kappa shape index (κ2) is 10.7. The van der Waals surface area contributed by atoms with E-state index in [0.717, 1.165) is 6.42 Å². The monoisotopic (exact) mass is 445 g/mol. The minimum absolute atomic E-state index is 0.0590. The maximum Gasteiger partial charge on any atom is 0.319 e. The lowest BCUT2D eigenvalue weighted by Gasteiger charge is -2.30. The molecule has 1 unspecified atom stereocenters. The Morgan fingerprint density at radius 3 is 2.65 bits per heavy atom. The summed E-state index contributed by atoms with van der Waals surface area (Å²) in [6.07, 6.45) is 4.58. The average molecular weight is 446 g/mol. The van der Waals surface area contributed by atoms with Crippen LogP contribution in [0.15, 0.2) is 21.0 Å². The van der Waals surface area contributed by atoms with Crippen molar-refractivity contribution in [2.75, 3.05) is 27.2 Å².